The number of nitrogens with one attached hydrogen (secondary N) is 1. The maximum absolute atomic E-state index is 5.46. The van der Waals surface area contributed by atoms with Crippen LogP contribution in [0, 0.1) is 20.8 Å². The molecule has 1 N–H and O–H groups in total. The van der Waals surface area contributed by atoms with Gasteiger partial charge >= 0.3 is 0 Å². The van der Waals surface area contributed by atoms with E-state index in [9.17, 15) is 0 Å². The van der Waals surface area contributed by atoms with E-state index in [0.717, 1.165) is 23.6 Å². The summed E-state index contributed by atoms with van der Waals surface area (Å²) < 4.78 is 7.53. The standard InChI is InChI=1S/C17H25N3O/c1-11-7-8-16(21-6)15(9-11)10-20-14(4)17(12(2)18-5)13(3)19-20/h7-9,12,18H,10H2,1-6H3. The first-order valence-corrected chi connectivity index (χ1v) is 7.32. The molecule has 0 fully saturated rings. The summed E-state index contributed by atoms with van der Waals surface area (Å²) >= 11 is 0. The summed E-state index contributed by atoms with van der Waals surface area (Å²) in [6.07, 6.45) is 0. The highest BCUT2D eigenvalue weighted by Gasteiger charge is 2.17. The minimum Gasteiger partial charge on any atom is -0.496 e. The van der Waals surface area contributed by atoms with E-state index in [0.29, 0.717) is 6.04 Å². The van der Waals surface area contributed by atoms with Crippen LogP contribution in [-0.2, 0) is 6.54 Å². The molecule has 114 valence electrons. The van der Waals surface area contributed by atoms with Gasteiger partial charge in [0.05, 0.1) is 19.3 Å². The highest BCUT2D eigenvalue weighted by atomic mass is 16.5. The van der Waals surface area contributed by atoms with Gasteiger partial charge in [0.15, 0.2) is 0 Å². The van der Waals surface area contributed by atoms with Crippen molar-refractivity contribution in [1.82, 2.24) is 15.1 Å². The number of rotatable bonds is 5. The number of hydrogen-bond donors (Lipinski definition) is 1. The van der Waals surface area contributed by atoms with E-state index in [1.807, 2.05) is 13.1 Å². The number of methoxy groups -OCH3 is 1. The summed E-state index contributed by atoms with van der Waals surface area (Å²) in [5.74, 6) is 0.913. The second kappa shape index (κ2) is 6.31. The fourth-order valence-electron chi connectivity index (χ4n) is 2.83. The maximum atomic E-state index is 5.46. The Morgan fingerprint density at radius 2 is 2.00 bits per heavy atom. The van der Waals surface area contributed by atoms with Gasteiger partial charge < -0.3 is 10.1 Å². The molecule has 1 aromatic heterocycles. The van der Waals surface area contributed by atoms with Gasteiger partial charge in [0.25, 0.3) is 0 Å². The molecule has 0 spiro atoms. The van der Waals surface area contributed by atoms with E-state index in [1.54, 1.807) is 7.11 Å². The largest absolute Gasteiger partial charge is 0.496 e. The summed E-state index contributed by atoms with van der Waals surface area (Å²) in [6.45, 7) is 9.19. The molecule has 0 aliphatic carbocycles. The normalized spacial score (nSPS) is 12.5. The molecule has 2 rings (SSSR count). The first-order valence-electron chi connectivity index (χ1n) is 7.32. The van der Waals surface area contributed by atoms with Crippen LogP contribution in [0.3, 0.4) is 0 Å². The van der Waals surface area contributed by atoms with E-state index in [4.69, 9.17) is 9.84 Å². The Kier molecular flexibility index (Phi) is 4.68. The number of hydrogen-bond acceptors (Lipinski definition) is 3. The lowest BCUT2D eigenvalue weighted by Gasteiger charge is -2.13. The Balaban J connectivity index is 2.39. The van der Waals surface area contributed by atoms with Gasteiger partial charge in [-0.15, -0.1) is 0 Å². The van der Waals surface area contributed by atoms with Crippen LogP contribution in [-0.4, -0.2) is 23.9 Å². The molecule has 0 bridgehead atoms. The SMILES string of the molecule is CNC(C)c1c(C)nn(Cc2cc(C)ccc2OC)c1C. The molecule has 1 aromatic carbocycles. The lowest BCUT2D eigenvalue weighted by molar-refractivity contribution is 0.407. The van der Waals surface area contributed by atoms with Crippen molar-refractivity contribution in [3.8, 4) is 5.75 Å². The van der Waals surface area contributed by atoms with Gasteiger partial charge in [0, 0.05) is 22.9 Å². The van der Waals surface area contributed by atoms with Crippen molar-refractivity contribution in [3.05, 3.63) is 46.3 Å². The molecule has 0 saturated carbocycles. The van der Waals surface area contributed by atoms with Gasteiger partial charge in [0.2, 0.25) is 0 Å². The summed E-state index contributed by atoms with van der Waals surface area (Å²) in [6, 6.07) is 6.56. The zero-order valence-corrected chi connectivity index (χ0v) is 13.8. The molecule has 1 atom stereocenters. The van der Waals surface area contributed by atoms with E-state index in [-0.39, 0.29) is 0 Å². The highest BCUT2D eigenvalue weighted by Crippen LogP contribution is 2.25. The van der Waals surface area contributed by atoms with Gasteiger partial charge in [-0.2, -0.15) is 5.10 Å². The molecule has 0 radical (unpaired) electrons. The number of aryl methyl sites for hydroxylation is 2. The van der Waals surface area contributed by atoms with Crippen molar-refractivity contribution >= 4 is 0 Å². The van der Waals surface area contributed by atoms with E-state index >= 15 is 0 Å². The number of nitrogens with zero attached hydrogens (tertiary/aromatic N) is 2. The lowest BCUT2D eigenvalue weighted by atomic mass is 10.1. The minimum absolute atomic E-state index is 0.304. The maximum Gasteiger partial charge on any atom is 0.123 e. The zero-order valence-electron chi connectivity index (χ0n) is 13.8. The van der Waals surface area contributed by atoms with E-state index in [2.05, 4.69) is 49.8 Å². The third kappa shape index (κ3) is 3.10. The van der Waals surface area contributed by atoms with Gasteiger partial charge in [-0.1, -0.05) is 17.7 Å². The molecule has 0 amide bonds. The molecule has 21 heavy (non-hydrogen) atoms. The molecular formula is C17H25N3O. The molecule has 1 unspecified atom stereocenters. The Morgan fingerprint density at radius 1 is 1.29 bits per heavy atom. The van der Waals surface area contributed by atoms with Crippen LogP contribution in [0.2, 0.25) is 0 Å². The van der Waals surface area contributed by atoms with E-state index in [1.165, 1.54) is 16.8 Å². The molecule has 0 aliphatic rings. The summed E-state index contributed by atoms with van der Waals surface area (Å²) in [5.41, 5.74) is 5.96. The topological polar surface area (TPSA) is 39.1 Å². The minimum atomic E-state index is 0.304. The molecule has 0 saturated heterocycles. The van der Waals surface area contributed by atoms with Crippen molar-refractivity contribution in [2.75, 3.05) is 14.2 Å². The average molecular weight is 287 g/mol. The van der Waals surface area contributed by atoms with Crippen molar-refractivity contribution < 1.29 is 4.74 Å². The van der Waals surface area contributed by atoms with Crippen LogP contribution in [0.5, 0.6) is 5.75 Å². The quantitative estimate of drug-likeness (QED) is 0.918. The molecule has 1 heterocycles. The first-order chi connectivity index (χ1) is 9.97. The van der Waals surface area contributed by atoms with Crippen LogP contribution in [0.15, 0.2) is 18.2 Å². The van der Waals surface area contributed by atoms with Gasteiger partial charge in [0.1, 0.15) is 5.75 Å². The molecule has 0 aliphatic heterocycles. The predicted octanol–water partition coefficient (Wildman–Crippen LogP) is 3.15. The zero-order chi connectivity index (χ0) is 15.6. The first kappa shape index (κ1) is 15.6. The molecular weight excluding hydrogens is 262 g/mol. The fourth-order valence-corrected chi connectivity index (χ4v) is 2.83. The summed E-state index contributed by atoms with van der Waals surface area (Å²) in [5, 5.41) is 7.99. The van der Waals surface area contributed by atoms with Crippen LogP contribution < -0.4 is 10.1 Å². The number of benzene rings is 1. The van der Waals surface area contributed by atoms with Crippen molar-refractivity contribution in [3.63, 3.8) is 0 Å². The number of aromatic nitrogens is 2. The molecule has 2 aromatic rings. The fraction of sp³-hybridized carbons (Fsp3) is 0.471. The van der Waals surface area contributed by atoms with Crippen LogP contribution in [0.1, 0.15) is 41.0 Å². The van der Waals surface area contributed by atoms with Gasteiger partial charge in [-0.3, -0.25) is 4.68 Å². The Labute approximate surface area is 127 Å². The lowest BCUT2D eigenvalue weighted by Crippen LogP contribution is -2.14. The van der Waals surface area contributed by atoms with Crippen LogP contribution in [0.25, 0.3) is 0 Å². The Morgan fingerprint density at radius 3 is 2.62 bits per heavy atom. The Bertz CT molecular complexity index is 631. The van der Waals surface area contributed by atoms with E-state index < -0.39 is 0 Å². The average Bonchev–Trinajstić information content (AvgIpc) is 2.73. The third-order valence-electron chi connectivity index (χ3n) is 4.06. The highest BCUT2D eigenvalue weighted by molar-refractivity contribution is 5.38. The summed E-state index contributed by atoms with van der Waals surface area (Å²) in [7, 11) is 3.69. The Hall–Kier alpha value is -1.81. The smallest absolute Gasteiger partial charge is 0.123 e. The summed E-state index contributed by atoms with van der Waals surface area (Å²) in [4.78, 5) is 0. The number of ether oxygens (including phenoxy) is 1. The monoisotopic (exact) mass is 287 g/mol. The van der Waals surface area contributed by atoms with Crippen LogP contribution in [0.4, 0.5) is 0 Å². The molecule has 4 heteroatoms. The molecule has 4 nitrogen and oxygen atoms in total. The van der Waals surface area contributed by atoms with Crippen molar-refractivity contribution in [2.24, 2.45) is 0 Å². The second-order valence-corrected chi connectivity index (χ2v) is 5.57. The third-order valence-corrected chi connectivity index (χ3v) is 4.06. The van der Waals surface area contributed by atoms with Crippen molar-refractivity contribution in [1.29, 1.82) is 0 Å². The van der Waals surface area contributed by atoms with Crippen LogP contribution >= 0.6 is 0 Å². The van der Waals surface area contributed by atoms with Crippen molar-refractivity contribution in [2.45, 2.75) is 40.3 Å². The van der Waals surface area contributed by atoms with Gasteiger partial charge in [-0.05, 0) is 40.8 Å². The second-order valence-electron chi connectivity index (χ2n) is 5.57. The predicted molar refractivity (Wildman–Crippen MR) is 86.0 cm³/mol. The van der Waals surface area contributed by atoms with Gasteiger partial charge in [-0.25, -0.2) is 0 Å².